The highest BCUT2D eigenvalue weighted by molar-refractivity contribution is 5.71. The first kappa shape index (κ1) is 35.1. The maximum absolute atomic E-state index is 13.3. The van der Waals surface area contributed by atoms with Gasteiger partial charge in [-0.1, -0.05) is 36.1 Å². The van der Waals surface area contributed by atoms with E-state index in [4.69, 9.17) is 0 Å². The van der Waals surface area contributed by atoms with Crippen LogP contribution in [0.3, 0.4) is 0 Å². The fraction of sp³-hybridized carbons (Fsp3) is 0.933. The molecule has 0 radical (unpaired) electrons. The van der Waals surface area contributed by atoms with Gasteiger partial charge in [-0.15, -0.1) is 0 Å². The highest BCUT2D eigenvalue weighted by Gasteiger charge is 2.87. The van der Waals surface area contributed by atoms with Crippen molar-refractivity contribution in [2.45, 2.75) is 78.6 Å². The molecule has 29 heavy (non-hydrogen) atoms. The largest absolute Gasteiger partial charge is 0.459 e. The minimum absolute atomic E-state index is 0. The van der Waals surface area contributed by atoms with E-state index in [-0.39, 0.29) is 28.7 Å². The Kier molecular flexibility index (Phi) is 12.8. The summed E-state index contributed by atoms with van der Waals surface area (Å²) in [5, 5.41) is 0. The van der Waals surface area contributed by atoms with E-state index in [0.717, 1.165) is 6.92 Å². The third kappa shape index (κ3) is 5.83. The van der Waals surface area contributed by atoms with Gasteiger partial charge in [0.15, 0.2) is 6.61 Å². The molecule has 0 aromatic rings. The molecule has 0 bridgehead atoms. The summed E-state index contributed by atoms with van der Waals surface area (Å²) in [4.78, 5) is 11.1. The van der Waals surface area contributed by atoms with Gasteiger partial charge in [-0.3, -0.25) is 4.79 Å². The molecule has 0 heterocycles. The summed E-state index contributed by atoms with van der Waals surface area (Å²) in [6.07, 6.45) is -5.62. The maximum Gasteiger partial charge on any atom is 0.384 e. The van der Waals surface area contributed by atoms with E-state index >= 15 is 0 Å². The number of rotatable bonds is 9. The summed E-state index contributed by atoms with van der Waals surface area (Å²) in [6.45, 7) is -0.487. The summed E-state index contributed by atoms with van der Waals surface area (Å²) in [5.41, 5.74) is 0. The quantitative estimate of drug-likeness (QED) is 0.273. The molecule has 0 aliphatic heterocycles. The monoisotopic (exact) mass is 464 g/mol. The van der Waals surface area contributed by atoms with Crippen LogP contribution in [0.4, 0.5) is 52.7 Å². The maximum atomic E-state index is 13.3. The van der Waals surface area contributed by atoms with Gasteiger partial charge < -0.3 is 4.74 Å². The number of halogens is 12. The fourth-order valence-electron chi connectivity index (χ4n) is 1.33. The van der Waals surface area contributed by atoms with Gasteiger partial charge in [0.2, 0.25) is 0 Å². The predicted molar refractivity (Wildman–Crippen MR) is 81.3 cm³/mol. The highest BCUT2D eigenvalue weighted by Crippen LogP contribution is 2.58. The molecular formula is C15H24F12O2. The normalized spacial score (nSPS) is 14.3. The molecule has 0 rings (SSSR count). The molecule has 0 aliphatic carbocycles. The first-order valence-corrected chi connectivity index (χ1v) is 6.65. The van der Waals surface area contributed by atoms with Gasteiger partial charge >= 0.3 is 42.0 Å². The van der Waals surface area contributed by atoms with Crippen molar-refractivity contribution in [2.24, 2.45) is 5.92 Å². The van der Waals surface area contributed by atoms with Crippen molar-refractivity contribution in [3.05, 3.63) is 0 Å². The van der Waals surface area contributed by atoms with Crippen LogP contribution in [-0.2, 0) is 9.53 Å². The first-order valence-electron chi connectivity index (χ1n) is 6.65. The van der Waals surface area contributed by atoms with Crippen LogP contribution < -0.4 is 0 Å². The van der Waals surface area contributed by atoms with Crippen molar-refractivity contribution in [2.75, 3.05) is 6.61 Å². The molecule has 0 N–H and O–H groups in total. The van der Waals surface area contributed by atoms with E-state index < -0.39 is 54.5 Å². The molecule has 180 valence electrons. The predicted octanol–water partition coefficient (Wildman–Crippen LogP) is 6.93. The van der Waals surface area contributed by atoms with Crippen LogP contribution in [0.25, 0.3) is 0 Å². The minimum Gasteiger partial charge on any atom is -0.459 e. The first-order chi connectivity index (χ1) is 11.3. The molecule has 0 aromatic heterocycles. The number of ether oxygens (including phenoxy) is 1. The molecule has 14 heteroatoms. The third-order valence-electron chi connectivity index (χ3n) is 3.35. The van der Waals surface area contributed by atoms with Crippen LogP contribution in [0.15, 0.2) is 0 Å². The smallest absolute Gasteiger partial charge is 0.384 e. The Morgan fingerprint density at radius 1 is 0.793 bits per heavy atom. The lowest BCUT2D eigenvalue weighted by Gasteiger charge is -2.38. The fourth-order valence-corrected chi connectivity index (χ4v) is 1.33. The molecule has 0 saturated carbocycles. The summed E-state index contributed by atoms with van der Waals surface area (Å²) in [6, 6.07) is 0. The van der Waals surface area contributed by atoms with Crippen molar-refractivity contribution in [1.29, 1.82) is 0 Å². The van der Waals surface area contributed by atoms with Crippen molar-refractivity contribution in [1.82, 2.24) is 0 Å². The Bertz CT molecular complexity index is 506. The SMILES string of the molecule is C.C.C.CCC(C)C(=O)OCC(F)(F)C(F)(F)C(F)(F)C(F)(F)C(F)(F)C(F)F. The van der Waals surface area contributed by atoms with E-state index in [2.05, 4.69) is 4.74 Å². The van der Waals surface area contributed by atoms with Crippen molar-refractivity contribution in [3.8, 4) is 0 Å². The minimum atomic E-state index is -7.62. The Morgan fingerprint density at radius 3 is 1.48 bits per heavy atom. The molecule has 0 amide bonds. The van der Waals surface area contributed by atoms with Crippen LogP contribution >= 0.6 is 0 Å². The molecule has 0 saturated heterocycles. The number of esters is 1. The van der Waals surface area contributed by atoms with E-state index in [1.54, 1.807) is 0 Å². The summed E-state index contributed by atoms with van der Waals surface area (Å²) in [5.74, 6) is -38.5. The molecule has 0 fully saturated rings. The van der Waals surface area contributed by atoms with Crippen LogP contribution in [0, 0.1) is 5.92 Å². The Hall–Kier alpha value is -1.37. The van der Waals surface area contributed by atoms with Crippen molar-refractivity contribution >= 4 is 5.97 Å². The molecule has 0 aliphatic rings. The number of carbonyl (C=O) groups excluding carboxylic acids is 1. The Balaban J connectivity index is -0.00000104. The van der Waals surface area contributed by atoms with Crippen molar-refractivity contribution < 1.29 is 62.2 Å². The topological polar surface area (TPSA) is 26.3 Å². The zero-order chi connectivity index (χ0) is 21.4. The molecule has 0 aromatic carbocycles. The van der Waals surface area contributed by atoms with Gasteiger partial charge in [0, 0.05) is 0 Å². The van der Waals surface area contributed by atoms with E-state index in [1.807, 2.05) is 0 Å². The Labute approximate surface area is 160 Å². The van der Waals surface area contributed by atoms with Crippen LogP contribution in [0.1, 0.15) is 42.5 Å². The zero-order valence-electron chi connectivity index (χ0n) is 12.9. The summed E-state index contributed by atoms with van der Waals surface area (Å²) < 4.78 is 158. The number of hydrogen-bond donors (Lipinski definition) is 0. The molecule has 2 nitrogen and oxygen atoms in total. The highest BCUT2D eigenvalue weighted by atomic mass is 19.4. The lowest BCUT2D eigenvalue weighted by Crippen LogP contribution is -2.69. The van der Waals surface area contributed by atoms with Crippen LogP contribution in [-0.4, -0.2) is 48.6 Å². The van der Waals surface area contributed by atoms with Gasteiger partial charge in [-0.05, 0) is 6.42 Å². The zero-order valence-corrected chi connectivity index (χ0v) is 12.9. The average molecular weight is 464 g/mol. The second kappa shape index (κ2) is 10.6. The third-order valence-corrected chi connectivity index (χ3v) is 3.35. The van der Waals surface area contributed by atoms with E-state index in [1.165, 1.54) is 6.92 Å². The Morgan fingerprint density at radius 2 is 1.17 bits per heavy atom. The lowest BCUT2D eigenvalue weighted by molar-refractivity contribution is -0.414. The number of alkyl halides is 12. The van der Waals surface area contributed by atoms with E-state index in [0.29, 0.717) is 0 Å². The van der Waals surface area contributed by atoms with Gasteiger partial charge in [0.1, 0.15) is 0 Å². The van der Waals surface area contributed by atoms with Gasteiger partial charge in [0.25, 0.3) is 0 Å². The lowest BCUT2D eigenvalue weighted by atomic mass is 9.94. The number of hydrogen-bond acceptors (Lipinski definition) is 2. The molecule has 0 spiro atoms. The summed E-state index contributed by atoms with van der Waals surface area (Å²) in [7, 11) is 0. The summed E-state index contributed by atoms with van der Waals surface area (Å²) >= 11 is 0. The van der Waals surface area contributed by atoms with Crippen LogP contribution in [0.2, 0.25) is 0 Å². The second-order valence-electron chi connectivity index (χ2n) is 5.27. The van der Waals surface area contributed by atoms with E-state index in [9.17, 15) is 57.5 Å². The van der Waals surface area contributed by atoms with Crippen molar-refractivity contribution in [3.63, 3.8) is 0 Å². The van der Waals surface area contributed by atoms with Gasteiger partial charge in [-0.2, -0.15) is 43.9 Å². The van der Waals surface area contributed by atoms with Crippen LogP contribution in [0.5, 0.6) is 0 Å². The van der Waals surface area contributed by atoms with Gasteiger partial charge in [-0.25, -0.2) is 8.78 Å². The standard InChI is InChI=1S/C12H12F12O2.3CH4/c1-3-5(2)6(25)26-4-8(15,16)10(19,20)12(23,24)11(21,22)9(17,18)7(13)14;;;/h5,7H,3-4H2,1-2H3;3*1H4. The molecule has 1 unspecified atom stereocenters. The number of carbonyl (C=O) groups is 1. The molecular weight excluding hydrogens is 440 g/mol. The molecule has 1 atom stereocenters. The second-order valence-corrected chi connectivity index (χ2v) is 5.27. The van der Waals surface area contributed by atoms with Gasteiger partial charge in [0.05, 0.1) is 5.92 Å². The average Bonchev–Trinajstić information content (AvgIpc) is 2.50.